The zero-order valence-electron chi connectivity index (χ0n) is 11.1. The highest BCUT2D eigenvalue weighted by Crippen LogP contribution is 2.00. The molecular formula is C13H24N2O2. The standard InChI is InChI=1S/C13H24N2O2/c1-4-15(12(2)11-16-3)8-7-14-10-13-6-5-9-17-13/h5-6,9,12,14H,4,7-8,10-11H2,1-3H3. The summed E-state index contributed by atoms with van der Waals surface area (Å²) >= 11 is 0. The number of nitrogens with one attached hydrogen (secondary N) is 1. The van der Waals surface area contributed by atoms with E-state index in [-0.39, 0.29) is 0 Å². The minimum atomic E-state index is 0.468. The second kappa shape index (κ2) is 8.28. The van der Waals surface area contributed by atoms with Gasteiger partial charge >= 0.3 is 0 Å². The van der Waals surface area contributed by atoms with Crippen molar-refractivity contribution in [1.82, 2.24) is 10.2 Å². The van der Waals surface area contributed by atoms with Gasteiger partial charge < -0.3 is 14.5 Å². The van der Waals surface area contributed by atoms with Gasteiger partial charge in [0.2, 0.25) is 0 Å². The molecule has 0 saturated carbocycles. The van der Waals surface area contributed by atoms with Gasteiger partial charge in [0, 0.05) is 26.2 Å². The summed E-state index contributed by atoms with van der Waals surface area (Å²) in [5.41, 5.74) is 0. The Balaban J connectivity index is 2.15. The molecule has 0 bridgehead atoms. The zero-order chi connectivity index (χ0) is 12.5. The van der Waals surface area contributed by atoms with E-state index >= 15 is 0 Å². The van der Waals surface area contributed by atoms with Gasteiger partial charge in [-0.2, -0.15) is 0 Å². The highest BCUT2D eigenvalue weighted by Gasteiger charge is 2.10. The van der Waals surface area contributed by atoms with E-state index in [1.54, 1.807) is 13.4 Å². The van der Waals surface area contributed by atoms with Crippen molar-refractivity contribution >= 4 is 0 Å². The van der Waals surface area contributed by atoms with E-state index in [0.717, 1.165) is 38.5 Å². The minimum Gasteiger partial charge on any atom is -0.468 e. The Labute approximate surface area is 104 Å². The normalized spacial score (nSPS) is 13.2. The van der Waals surface area contributed by atoms with Gasteiger partial charge in [0.05, 0.1) is 19.4 Å². The first-order chi connectivity index (χ1) is 8.27. The van der Waals surface area contributed by atoms with Crippen LogP contribution in [0.1, 0.15) is 19.6 Å². The Bertz CT molecular complexity index is 275. The summed E-state index contributed by atoms with van der Waals surface area (Å²) in [6.45, 7) is 8.99. The fourth-order valence-electron chi connectivity index (χ4n) is 1.88. The Kier molecular flexibility index (Phi) is 6.93. The summed E-state index contributed by atoms with van der Waals surface area (Å²) in [7, 11) is 1.75. The average molecular weight is 240 g/mol. The number of furan rings is 1. The molecule has 0 aliphatic carbocycles. The second-order valence-electron chi connectivity index (χ2n) is 4.19. The summed E-state index contributed by atoms with van der Waals surface area (Å²) in [5, 5.41) is 3.37. The highest BCUT2D eigenvalue weighted by atomic mass is 16.5. The molecular weight excluding hydrogens is 216 g/mol. The number of rotatable bonds is 9. The minimum absolute atomic E-state index is 0.468. The topological polar surface area (TPSA) is 37.6 Å². The zero-order valence-corrected chi connectivity index (χ0v) is 11.1. The molecule has 0 amide bonds. The van der Waals surface area contributed by atoms with Crippen molar-refractivity contribution < 1.29 is 9.15 Å². The Morgan fingerprint density at radius 2 is 2.35 bits per heavy atom. The first-order valence-electron chi connectivity index (χ1n) is 6.24. The third-order valence-electron chi connectivity index (χ3n) is 2.89. The van der Waals surface area contributed by atoms with Crippen LogP contribution in [-0.2, 0) is 11.3 Å². The van der Waals surface area contributed by atoms with E-state index in [1.807, 2.05) is 12.1 Å². The van der Waals surface area contributed by atoms with Crippen molar-refractivity contribution in [3.8, 4) is 0 Å². The monoisotopic (exact) mass is 240 g/mol. The largest absolute Gasteiger partial charge is 0.468 e. The summed E-state index contributed by atoms with van der Waals surface area (Å²) in [5.74, 6) is 0.984. The van der Waals surface area contributed by atoms with Gasteiger partial charge in [-0.15, -0.1) is 0 Å². The Hall–Kier alpha value is -0.840. The molecule has 1 unspecified atom stereocenters. The fourth-order valence-corrected chi connectivity index (χ4v) is 1.88. The lowest BCUT2D eigenvalue weighted by Crippen LogP contribution is -2.40. The molecule has 17 heavy (non-hydrogen) atoms. The summed E-state index contributed by atoms with van der Waals surface area (Å²) in [6.07, 6.45) is 1.70. The molecule has 0 spiro atoms. The lowest BCUT2D eigenvalue weighted by molar-refractivity contribution is 0.103. The number of hydrogen-bond donors (Lipinski definition) is 1. The Morgan fingerprint density at radius 3 is 2.94 bits per heavy atom. The van der Waals surface area contributed by atoms with E-state index in [2.05, 4.69) is 24.1 Å². The summed E-state index contributed by atoms with van der Waals surface area (Å²) in [4.78, 5) is 2.40. The summed E-state index contributed by atoms with van der Waals surface area (Å²) in [6, 6.07) is 4.36. The van der Waals surface area contributed by atoms with E-state index in [9.17, 15) is 0 Å². The maximum atomic E-state index is 5.26. The van der Waals surface area contributed by atoms with Crippen molar-refractivity contribution in [3.63, 3.8) is 0 Å². The maximum absolute atomic E-state index is 5.26. The lowest BCUT2D eigenvalue weighted by atomic mass is 10.3. The molecule has 0 radical (unpaired) electrons. The molecule has 1 heterocycles. The van der Waals surface area contributed by atoms with Gasteiger partial charge in [0.15, 0.2) is 0 Å². The molecule has 0 saturated heterocycles. The molecule has 0 aromatic carbocycles. The van der Waals surface area contributed by atoms with Crippen molar-refractivity contribution in [1.29, 1.82) is 0 Å². The number of methoxy groups -OCH3 is 1. The first-order valence-corrected chi connectivity index (χ1v) is 6.24. The van der Waals surface area contributed by atoms with Crippen LogP contribution in [-0.4, -0.2) is 44.3 Å². The smallest absolute Gasteiger partial charge is 0.117 e. The van der Waals surface area contributed by atoms with Crippen LogP contribution < -0.4 is 5.32 Å². The quantitative estimate of drug-likeness (QED) is 0.667. The van der Waals surface area contributed by atoms with E-state index < -0.39 is 0 Å². The third-order valence-corrected chi connectivity index (χ3v) is 2.89. The number of hydrogen-bond acceptors (Lipinski definition) is 4. The molecule has 1 rings (SSSR count). The van der Waals surface area contributed by atoms with Crippen LogP contribution in [0.4, 0.5) is 0 Å². The maximum Gasteiger partial charge on any atom is 0.117 e. The lowest BCUT2D eigenvalue weighted by Gasteiger charge is -2.27. The van der Waals surface area contributed by atoms with Crippen LogP contribution in [0.15, 0.2) is 22.8 Å². The molecule has 98 valence electrons. The average Bonchev–Trinajstić information content (AvgIpc) is 2.82. The predicted octanol–water partition coefficient (Wildman–Crippen LogP) is 1.73. The molecule has 0 aliphatic heterocycles. The third kappa shape index (κ3) is 5.35. The van der Waals surface area contributed by atoms with Gasteiger partial charge in [-0.1, -0.05) is 6.92 Å². The number of nitrogens with zero attached hydrogens (tertiary/aromatic N) is 1. The predicted molar refractivity (Wildman–Crippen MR) is 69.0 cm³/mol. The van der Waals surface area contributed by atoms with Crippen molar-refractivity contribution in [2.75, 3.05) is 33.4 Å². The van der Waals surface area contributed by atoms with Gasteiger partial charge in [0.1, 0.15) is 5.76 Å². The molecule has 1 atom stereocenters. The fraction of sp³-hybridized carbons (Fsp3) is 0.692. The Morgan fingerprint density at radius 1 is 1.53 bits per heavy atom. The SMILES string of the molecule is CCN(CCNCc1ccco1)C(C)COC. The highest BCUT2D eigenvalue weighted by molar-refractivity contribution is 4.97. The van der Waals surface area contributed by atoms with Crippen LogP contribution in [0.5, 0.6) is 0 Å². The van der Waals surface area contributed by atoms with E-state index in [1.165, 1.54) is 0 Å². The van der Waals surface area contributed by atoms with Crippen LogP contribution in [0.2, 0.25) is 0 Å². The molecule has 1 N–H and O–H groups in total. The van der Waals surface area contributed by atoms with Crippen molar-refractivity contribution in [2.24, 2.45) is 0 Å². The molecule has 0 fully saturated rings. The molecule has 1 aromatic heterocycles. The number of ether oxygens (including phenoxy) is 1. The van der Waals surface area contributed by atoms with Gasteiger partial charge in [-0.3, -0.25) is 4.90 Å². The first kappa shape index (κ1) is 14.2. The van der Waals surface area contributed by atoms with Crippen LogP contribution in [0.3, 0.4) is 0 Å². The van der Waals surface area contributed by atoms with Crippen molar-refractivity contribution in [3.05, 3.63) is 24.2 Å². The van der Waals surface area contributed by atoms with Gasteiger partial charge in [0.25, 0.3) is 0 Å². The van der Waals surface area contributed by atoms with Crippen LogP contribution in [0.25, 0.3) is 0 Å². The van der Waals surface area contributed by atoms with Gasteiger partial charge in [-0.05, 0) is 25.6 Å². The molecule has 0 aliphatic rings. The second-order valence-corrected chi connectivity index (χ2v) is 4.19. The molecule has 4 nitrogen and oxygen atoms in total. The van der Waals surface area contributed by atoms with E-state index in [0.29, 0.717) is 6.04 Å². The molecule has 4 heteroatoms. The van der Waals surface area contributed by atoms with Crippen LogP contribution >= 0.6 is 0 Å². The van der Waals surface area contributed by atoms with Gasteiger partial charge in [-0.25, -0.2) is 0 Å². The molecule has 1 aromatic rings. The van der Waals surface area contributed by atoms with Crippen molar-refractivity contribution in [2.45, 2.75) is 26.4 Å². The van der Waals surface area contributed by atoms with E-state index in [4.69, 9.17) is 9.15 Å². The number of likely N-dealkylation sites (N-methyl/N-ethyl adjacent to an activating group) is 1. The summed E-state index contributed by atoms with van der Waals surface area (Å²) < 4.78 is 10.4. The van der Waals surface area contributed by atoms with Crippen LogP contribution in [0, 0.1) is 0 Å².